The second-order valence-electron chi connectivity index (χ2n) is 7.09. The zero-order valence-corrected chi connectivity index (χ0v) is 17.4. The molecule has 1 aromatic heterocycles. The van der Waals surface area contributed by atoms with Gasteiger partial charge in [0.1, 0.15) is 16.6 Å². The second kappa shape index (κ2) is 8.46. The van der Waals surface area contributed by atoms with Crippen molar-refractivity contribution in [2.75, 3.05) is 0 Å². The smallest absolute Gasteiger partial charge is 0.429 e. The fourth-order valence-electron chi connectivity index (χ4n) is 3.22. The Labute approximate surface area is 183 Å². The van der Waals surface area contributed by atoms with E-state index in [1.165, 1.54) is 17.4 Å². The number of alkyl halides is 2. The molecule has 0 saturated heterocycles. The normalized spacial score (nSPS) is 11.8. The maximum absolute atomic E-state index is 14.6. The number of fused-ring (bicyclic) bond motifs is 1. The lowest BCUT2D eigenvalue weighted by Gasteiger charge is -2.19. The first-order valence-corrected chi connectivity index (χ1v) is 10.4. The van der Waals surface area contributed by atoms with E-state index in [2.05, 4.69) is 16.6 Å². The minimum absolute atomic E-state index is 0.256. The third kappa shape index (κ3) is 4.29. The average Bonchev–Trinajstić information content (AvgIpc) is 3.15. The van der Waals surface area contributed by atoms with E-state index in [0.29, 0.717) is 16.1 Å². The van der Waals surface area contributed by atoms with Crippen molar-refractivity contribution in [1.29, 1.82) is 0 Å². The van der Waals surface area contributed by atoms with Crippen molar-refractivity contribution < 1.29 is 31.1 Å². The zero-order chi connectivity index (χ0) is 23.0. The third-order valence-electron chi connectivity index (χ3n) is 4.72. The minimum Gasteiger partial charge on any atom is -0.429 e. The Bertz CT molecular complexity index is 1280. The molecule has 0 fully saturated rings. The van der Waals surface area contributed by atoms with Crippen molar-refractivity contribution >= 4 is 21.6 Å². The SMILES string of the molecule is CCCc1ccc2nc(-c3ccc(C(F)(F)Oc4cc(F)c(F)c(F)c4)c(F)c3)sc2c1. The molecule has 0 atom stereocenters. The van der Waals surface area contributed by atoms with E-state index in [1.54, 1.807) is 0 Å². The lowest BCUT2D eigenvalue weighted by Crippen LogP contribution is -2.23. The van der Waals surface area contributed by atoms with E-state index in [9.17, 15) is 26.3 Å². The van der Waals surface area contributed by atoms with Gasteiger partial charge in [0.05, 0.1) is 15.8 Å². The predicted octanol–water partition coefficient (Wildman–Crippen LogP) is 7.60. The van der Waals surface area contributed by atoms with E-state index < -0.39 is 40.7 Å². The molecule has 166 valence electrons. The number of thiazole rings is 1. The molecule has 32 heavy (non-hydrogen) atoms. The highest BCUT2D eigenvalue weighted by molar-refractivity contribution is 7.21. The van der Waals surface area contributed by atoms with Crippen molar-refractivity contribution in [2.45, 2.75) is 25.9 Å². The number of benzene rings is 3. The monoisotopic (exact) mass is 467 g/mol. The van der Waals surface area contributed by atoms with Crippen molar-refractivity contribution in [1.82, 2.24) is 4.98 Å². The Balaban J connectivity index is 1.63. The molecular formula is C23H15F6NOS. The molecular weight excluding hydrogens is 452 g/mol. The van der Waals surface area contributed by atoms with Crippen LogP contribution in [0.15, 0.2) is 48.5 Å². The number of ether oxygens (including phenoxy) is 1. The van der Waals surface area contributed by atoms with Gasteiger partial charge in [-0.1, -0.05) is 25.5 Å². The molecule has 0 bridgehead atoms. The number of halogens is 6. The van der Waals surface area contributed by atoms with Gasteiger partial charge < -0.3 is 4.74 Å². The largest absolute Gasteiger partial charge is 0.429 e. The molecule has 4 rings (SSSR count). The van der Waals surface area contributed by atoms with Crippen LogP contribution in [0, 0.1) is 23.3 Å². The van der Waals surface area contributed by atoms with Gasteiger partial charge in [0.25, 0.3) is 0 Å². The summed E-state index contributed by atoms with van der Waals surface area (Å²) in [4.78, 5) is 4.43. The second-order valence-corrected chi connectivity index (χ2v) is 8.12. The molecule has 0 aliphatic heterocycles. The van der Waals surface area contributed by atoms with E-state index in [-0.39, 0.29) is 12.1 Å². The van der Waals surface area contributed by atoms with Crippen molar-refractivity contribution in [3.63, 3.8) is 0 Å². The van der Waals surface area contributed by atoms with Gasteiger partial charge >= 0.3 is 6.11 Å². The van der Waals surface area contributed by atoms with Crippen LogP contribution >= 0.6 is 11.3 Å². The summed E-state index contributed by atoms with van der Waals surface area (Å²) in [5.41, 5.74) is 1.00. The minimum atomic E-state index is -4.26. The Morgan fingerprint density at radius 3 is 2.28 bits per heavy atom. The average molecular weight is 467 g/mol. The Morgan fingerprint density at radius 1 is 0.906 bits per heavy atom. The summed E-state index contributed by atoms with van der Waals surface area (Å²) in [7, 11) is 0. The number of nitrogens with zero attached hydrogens (tertiary/aromatic N) is 1. The molecule has 0 saturated carbocycles. The van der Waals surface area contributed by atoms with Gasteiger partial charge in [-0.3, -0.25) is 0 Å². The van der Waals surface area contributed by atoms with Gasteiger partial charge in [-0.15, -0.1) is 11.3 Å². The number of hydrogen-bond acceptors (Lipinski definition) is 3. The fourth-order valence-corrected chi connectivity index (χ4v) is 4.24. The van der Waals surface area contributed by atoms with E-state index >= 15 is 0 Å². The lowest BCUT2D eigenvalue weighted by atomic mass is 10.1. The number of rotatable bonds is 6. The maximum atomic E-state index is 14.6. The van der Waals surface area contributed by atoms with Gasteiger partial charge in [0, 0.05) is 17.7 Å². The third-order valence-corrected chi connectivity index (χ3v) is 5.79. The zero-order valence-electron chi connectivity index (χ0n) is 16.6. The van der Waals surface area contributed by atoms with Crippen LogP contribution in [0.5, 0.6) is 5.75 Å². The first kappa shape index (κ1) is 22.1. The molecule has 0 unspecified atom stereocenters. The van der Waals surface area contributed by atoms with Crippen LogP contribution in [0.25, 0.3) is 20.8 Å². The van der Waals surface area contributed by atoms with Gasteiger partial charge in [0.2, 0.25) is 0 Å². The quantitative estimate of drug-likeness (QED) is 0.215. The first-order valence-electron chi connectivity index (χ1n) is 9.59. The summed E-state index contributed by atoms with van der Waals surface area (Å²) < 4.78 is 88.3. The van der Waals surface area contributed by atoms with Crippen LogP contribution in [0.3, 0.4) is 0 Å². The summed E-state index contributed by atoms with van der Waals surface area (Å²) in [6.07, 6.45) is -2.37. The maximum Gasteiger partial charge on any atom is 0.429 e. The highest BCUT2D eigenvalue weighted by atomic mass is 32.1. The summed E-state index contributed by atoms with van der Waals surface area (Å²) >= 11 is 1.30. The Kier molecular flexibility index (Phi) is 5.85. The molecule has 2 nitrogen and oxygen atoms in total. The van der Waals surface area contributed by atoms with Crippen LogP contribution in [0.4, 0.5) is 26.3 Å². The Morgan fingerprint density at radius 2 is 1.62 bits per heavy atom. The van der Waals surface area contributed by atoms with Gasteiger partial charge in [-0.2, -0.15) is 8.78 Å². The molecule has 1 heterocycles. The summed E-state index contributed by atoms with van der Waals surface area (Å²) in [6, 6.07) is 9.28. The van der Waals surface area contributed by atoms with E-state index in [1.807, 2.05) is 18.2 Å². The molecule has 0 aliphatic rings. The summed E-state index contributed by atoms with van der Waals surface area (Å²) in [6.45, 7) is 2.06. The van der Waals surface area contributed by atoms with E-state index in [4.69, 9.17) is 0 Å². The highest BCUT2D eigenvalue weighted by Crippen LogP contribution is 2.37. The molecule has 0 amide bonds. The number of aromatic nitrogens is 1. The van der Waals surface area contributed by atoms with Crippen LogP contribution in [0.1, 0.15) is 24.5 Å². The molecule has 3 aromatic carbocycles. The van der Waals surface area contributed by atoms with Crippen LogP contribution < -0.4 is 4.74 Å². The number of hydrogen-bond donors (Lipinski definition) is 0. The molecule has 0 spiro atoms. The number of aryl methyl sites for hydroxylation is 1. The van der Waals surface area contributed by atoms with Gasteiger partial charge in [0.15, 0.2) is 17.5 Å². The van der Waals surface area contributed by atoms with Gasteiger partial charge in [-0.25, -0.2) is 22.5 Å². The van der Waals surface area contributed by atoms with Crippen LogP contribution in [-0.2, 0) is 12.5 Å². The van der Waals surface area contributed by atoms with Crippen molar-refractivity contribution in [3.05, 3.63) is 82.9 Å². The molecule has 4 aromatic rings. The molecule has 0 radical (unpaired) electrons. The van der Waals surface area contributed by atoms with E-state index in [0.717, 1.165) is 35.2 Å². The Hall–Kier alpha value is -3.07. The summed E-state index contributed by atoms with van der Waals surface area (Å²) in [5, 5.41) is 0.450. The van der Waals surface area contributed by atoms with Gasteiger partial charge in [-0.05, 0) is 36.2 Å². The first-order chi connectivity index (χ1) is 15.2. The highest BCUT2D eigenvalue weighted by Gasteiger charge is 2.38. The predicted molar refractivity (Wildman–Crippen MR) is 110 cm³/mol. The molecule has 0 N–H and O–H groups in total. The fraction of sp³-hybridized carbons (Fsp3) is 0.174. The van der Waals surface area contributed by atoms with Crippen LogP contribution in [0.2, 0.25) is 0 Å². The van der Waals surface area contributed by atoms with Crippen molar-refractivity contribution in [2.24, 2.45) is 0 Å². The van der Waals surface area contributed by atoms with Crippen molar-refractivity contribution in [3.8, 4) is 16.3 Å². The van der Waals surface area contributed by atoms with Crippen LogP contribution in [-0.4, -0.2) is 4.98 Å². The molecule has 9 heteroatoms. The lowest BCUT2D eigenvalue weighted by molar-refractivity contribution is -0.187. The molecule has 0 aliphatic carbocycles. The summed E-state index contributed by atoms with van der Waals surface area (Å²) in [5.74, 6) is -7.51. The standard InChI is InChI=1S/C23H15F6NOS/c1-2-3-12-4-7-19-20(8-12)32-22(30-19)13-5-6-15(16(24)9-13)23(28,29)31-14-10-17(25)21(27)18(26)11-14/h4-11H,2-3H2,1H3. The topological polar surface area (TPSA) is 22.1 Å².